The third-order valence-corrected chi connectivity index (χ3v) is 8.21. The van der Waals surface area contributed by atoms with Crippen LogP contribution in [0.2, 0.25) is 0 Å². The number of hydrogen-bond donors (Lipinski definition) is 4. The highest BCUT2D eigenvalue weighted by molar-refractivity contribution is 5.85. The van der Waals surface area contributed by atoms with E-state index in [0.717, 1.165) is 25.8 Å². The van der Waals surface area contributed by atoms with E-state index in [1.807, 2.05) is 0 Å². The number of benzene rings is 2. The SMILES string of the molecule is Cc1ccccc1Cn1cc(CCNc2ncnc3c2ncn3[C@@H]2O[C@H](C(=O)NC3CC3)[C@@H](O)[C@H]2O)c2ccccc21. The molecule has 0 bridgehead atoms. The molecular formula is C31H33N7O4. The lowest BCUT2D eigenvalue weighted by Crippen LogP contribution is -2.43. The van der Waals surface area contributed by atoms with E-state index in [-0.39, 0.29) is 6.04 Å². The number of hydrogen-bond acceptors (Lipinski definition) is 8. The number of aromatic nitrogens is 5. The van der Waals surface area contributed by atoms with E-state index in [1.165, 1.54) is 40.2 Å². The number of ether oxygens (including phenoxy) is 1. The Balaban J connectivity index is 1.07. The van der Waals surface area contributed by atoms with Gasteiger partial charge in [-0.2, -0.15) is 0 Å². The Morgan fingerprint density at radius 3 is 2.67 bits per heavy atom. The second kappa shape index (κ2) is 10.8. The molecule has 11 heteroatoms. The van der Waals surface area contributed by atoms with Gasteiger partial charge in [-0.15, -0.1) is 0 Å². The number of para-hydroxylation sites is 1. The maximum atomic E-state index is 12.5. The van der Waals surface area contributed by atoms with Crippen molar-refractivity contribution in [2.75, 3.05) is 11.9 Å². The molecule has 0 radical (unpaired) electrons. The largest absolute Gasteiger partial charge is 0.387 e. The molecule has 7 rings (SSSR count). The van der Waals surface area contributed by atoms with Gasteiger partial charge in [0.15, 0.2) is 29.3 Å². The van der Waals surface area contributed by atoms with Crippen LogP contribution >= 0.6 is 0 Å². The molecule has 3 aromatic heterocycles. The molecule has 11 nitrogen and oxygen atoms in total. The molecule has 5 aromatic rings. The summed E-state index contributed by atoms with van der Waals surface area (Å²) >= 11 is 0. The maximum Gasteiger partial charge on any atom is 0.252 e. The molecule has 2 aromatic carbocycles. The number of carbonyl (C=O) groups is 1. The molecule has 1 saturated carbocycles. The molecule has 4 atom stereocenters. The van der Waals surface area contributed by atoms with E-state index in [4.69, 9.17) is 4.74 Å². The zero-order chi connectivity index (χ0) is 28.8. The quantitative estimate of drug-likeness (QED) is 0.213. The fourth-order valence-electron chi connectivity index (χ4n) is 5.72. The van der Waals surface area contributed by atoms with Crippen LogP contribution in [0.15, 0.2) is 67.4 Å². The summed E-state index contributed by atoms with van der Waals surface area (Å²) < 4.78 is 9.67. The van der Waals surface area contributed by atoms with Gasteiger partial charge in [0.2, 0.25) is 0 Å². The molecule has 1 aliphatic carbocycles. The highest BCUT2D eigenvalue weighted by Gasteiger charge is 2.48. The predicted octanol–water partition coefficient (Wildman–Crippen LogP) is 2.69. The number of imidazole rings is 1. The molecule has 42 heavy (non-hydrogen) atoms. The van der Waals surface area contributed by atoms with Gasteiger partial charge in [0.05, 0.1) is 6.33 Å². The Kier molecular flexibility index (Phi) is 6.85. The smallest absolute Gasteiger partial charge is 0.252 e. The lowest BCUT2D eigenvalue weighted by Gasteiger charge is -2.16. The molecule has 4 heterocycles. The first kappa shape index (κ1) is 26.6. The number of nitrogens with zero attached hydrogens (tertiary/aromatic N) is 5. The first-order valence-corrected chi connectivity index (χ1v) is 14.3. The minimum absolute atomic E-state index is 0.115. The number of aryl methyl sites for hydroxylation is 1. The number of anilines is 1. The topological polar surface area (TPSA) is 139 Å². The van der Waals surface area contributed by atoms with Gasteiger partial charge in [-0.05, 0) is 48.9 Å². The third kappa shape index (κ3) is 4.89. The predicted molar refractivity (Wildman–Crippen MR) is 157 cm³/mol. The van der Waals surface area contributed by atoms with Gasteiger partial charge in [0, 0.05) is 36.2 Å². The monoisotopic (exact) mass is 567 g/mol. The number of amides is 1. The summed E-state index contributed by atoms with van der Waals surface area (Å²) in [5, 5.41) is 28.7. The Morgan fingerprint density at radius 2 is 1.83 bits per heavy atom. The second-order valence-electron chi connectivity index (χ2n) is 11.2. The Hall–Kier alpha value is -4.32. The number of aliphatic hydroxyl groups excluding tert-OH is 2. The first-order chi connectivity index (χ1) is 20.5. The maximum absolute atomic E-state index is 12.5. The van der Waals surface area contributed by atoms with Crippen LogP contribution in [-0.2, 0) is 22.5 Å². The molecule has 2 aliphatic rings. The molecule has 0 unspecified atom stereocenters. The summed E-state index contributed by atoms with van der Waals surface area (Å²) in [7, 11) is 0. The van der Waals surface area contributed by atoms with Crippen molar-refractivity contribution in [2.24, 2.45) is 0 Å². The van der Waals surface area contributed by atoms with Gasteiger partial charge in [0.25, 0.3) is 5.91 Å². The Labute approximate surface area is 242 Å². The van der Waals surface area contributed by atoms with Crippen molar-refractivity contribution in [1.29, 1.82) is 0 Å². The van der Waals surface area contributed by atoms with Crippen LogP contribution in [0.5, 0.6) is 0 Å². The molecular weight excluding hydrogens is 534 g/mol. The van der Waals surface area contributed by atoms with Gasteiger partial charge < -0.3 is 30.2 Å². The van der Waals surface area contributed by atoms with Crippen molar-refractivity contribution < 1.29 is 19.7 Å². The number of aliphatic hydroxyl groups is 2. The standard InChI is InChI=1S/C31H33N7O4/c1-18-6-2-3-7-19(18)14-37-15-20(22-8-4-5-9-23(22)37)12-13-32-28-24-29(34-16-33-28)38(17-35-24)31-26(40)25(39)27(42-31)30(41)36-21-10-11-21/h2-9,15-17,21,25-27,31,39-40H,10-14H2,1H3,(H,36,41)(H,32,33,34)/t25-,26+,27-,31+/m0/s1. The van der Waals surface area contributed by atoms with Crippen molar-refractivity contribution >= 4 is 33.8 Å². The molecule has 1 amide bonds. The number of rotatable bonds is 9. The van der Waals surface area contributed by atoms with E-state index in [0.29, 0.717) is 23.5 Å². The number of carbonyl (C=O) groups excluding carboxylic acids is 1. The summed E-state index contributed by atoms with van der Waals surface area (Å²) in [6.45, 7) is 3.56. The van der Waals surface area contributed by atoms with Gasteiger partial charge in [-0.1, -0.05) is 42.5 Å². The highest BCUT2D eigenvalue weighted by atomic mass is 16.6. The summed E-state index contributed by atoms with van der Waals surface area (Å²) in [6.07, 6.45) is 2.86. The summed E-state index contributed by atoms with van der Waals surface area (Å²) in [5.74, 6) is 0.131. The summed E-state index contributed by atoms with van der Waals surface area (Å²) in [5.41, 5.74) is 5.93. The zero-order valence-corrected chi connectivity index (χ0v) is 23.2. The van der Waals surface area contributed by atoms with E-state index >= 15 is 0 Å². The molecule has 2 fully saturated rings. The van der Waals surface area contributed by atoms with Crippen molar-refractivity contribution in [3.8, 4) is 0 Å². The first-order valence-electron chi connectivity index (χ1n) is 14.3. The van der Waals surface area contributed by atoms with Crippen LogP contribution < -0.4 is 10.6 Å². The van der Waals surface area contributed by atoms with Crippen LogP contribution in [0.3, 0.4) is 0 Å². The van der Waals surface area contributed by atoms with Crippen molar-refractivity contribution in [3.05, 3.63) is 84.1 Å². The fourth-order valence-corrected chi connectivity index (χ4v) is 5.72. The molecule has 216 valence electrons. The highest BCUT2D eigenvalue weighted by Crippen LogP contribution is 2.33. The molecule has 1 aliphatic heterocycles. The van der Waals surface area contributed by atoms with Crippen LogP contribution in [0.25, 0.3) is 22.1 Å². The van der Waals surface area contributed by atoms with Crippen molar-refractivity contribution in [1.82, 2.24) is 29.4 Å². The van der Waals surface area contributed by atoms with Crippen LogP contribution in [0, 0.1) is 6.92 Å². The average molecular weight is 568 g/mol. The Bertz CT molecular complexity index is 1760. The minimum Gasteiger partial charge on any atom is -0.387 e. The van der Waals surface area contributed by atoms with Crippen LogP contribution in [0.1, 0.15) is 35.8 Å². The van der Waals surface area contributed by atoms with E-state index in [9.17, 15) is 15.0 Å². The summed E-state index contributed by atoms with van der Waals surface area (Å²) in [6, 6.07) is 17.0. The number of nitrogens with one attached hydrogen (secondary N) is 2. The fraction of sp³-hybridized carbons (Fsp3) is 0.355. The molecule has 0 spiro atoms. The number of fused-ring (bicyclic) bond motifs is 2. The van der Waals surface area contributed by atoms with E-state index < -0.39 is 30.4 Å². The van der Waals surface area contributed by atoms with Gasteiger partial charge in [-0.25, -0.2) is 15.0 Å². The average Bonchev–Trinajstić information content (AvgIpc) is 3.48. The van der Waals surface area contributed by atoms with Gasteiger partial charge in [0.1, 0.15) is 18.5 Å². The van der Waals surface area contributed by atoms with Crippen LogP contribution in [-0.4, -0.2) is 71.1 Å². The third-order valence-electron chi connectivity index (χ3n) is 8.21. The zero-order valence-electron chi connectivity index (χ0n) is 23.2. The second-order valence-corrected chi connectivity index (χ2v) is 11.2. The minimum atomic E-state index is -1.36. The Morgan fingerprint density at radius 1 is 1.02 bits per heavy atom. The van der Waals surface area contributed by atoms with E-state index in [1.54, 1.807) is 4.57 Å². The van der Waals surface area contributed by atoms with Crippen molar-refractivity contribution in [2.45, 2.75) is 63.3 Å². The molecule has 4 N–H and O–H groups in total. The lowest BCUT2D eigenvalue weighted by atomic mass is 10.1. The molecule has 1 saturated heterocycles. The van der Waals surface area contributed by atoms with Crippen molar-refractivity contribution in [3.63, 3.8) is 0 Å². The van der Waals surface area contributed by atoms with Gasteiger partial charge >= 0.3 is 0 Å². The van der Waals surface area contributed by atoms with E-state index in [2.05, 4.69) is 91.8 Å². The summed E-state index contributed by atoms with van der Waals surface area (Å²) in [4.78, 5) is 25.8. The van der Waals surface area contributed by atoms with Crippen LogP contribution in [0.4, 0.5) is 5.82 Å². The van der Waals surface area contributed by atoms with Gasteiger partial charge in [-0.3, -0.25) is 9.36 Å². The lowest BCUT2D eigenvalue weighted by molar-refractivity contribution is -0.137. The normalized spacial score (nSPS) is 22.2.